The normalized spacial score (nSPS) is 10.9. The summed E-state index contributed by atoms with van der Waals surface area (Å²) in [5.74, 6) is -0.751. The maximum absolute atomic E-state index is 12.6. The smallest absolute Gasteiger partial charge is 0.286 e. The summed E-state index contributed by atoms with van der Waals surface area (Å²) < 4.78 is 37.8. The number of carbonyl (C=O) groups is 1. The van der Waals surface area contributed by atoms with Gasteiger partial charge in [-0.05, 0) is 0 Å². The SMILES string of the molecule is CC(=O)NNc1c([N+](=O)[O-])cc(C(F)(F)F)cc1[N+](=O)[O-]. The number of anilines is 1. The summed E-state index contributed by atoms with van der Waals surface area (Å²) >= 11 is 0. The molecule has 1 rings (SSSR count). The minimum atomic E-state index is -5.00. The first-order valence-electron chi connectivity index (χ1n) is 5.10. The summed E-state index contributed by atoms with van der Waals surface area (Å²) in [4.78, 5) is 29.8. The number of amides is 1. The van der Waals surface area contributed by atoms with Gasteiger partial charge in [0.1, 0.15) is 0 Å². The van der Waals surface area contributed by atoms with E-state index < -0.39 is 44.6 Å². The van der Waals surface area contributed by atoms with Crippen molar-refractivity contribution in [2.45, 2.75) is 13.1 Å². The van der Waals surface area contributed by atoms with Gasteiger partial charge in [-0.3, -0.25) is 35.9 Å². The second-order valence-electron chi connectivity index (χ2n) is 3.71. The molecule has 21 heavy (non-hydrogen) atoms. The first-order valence-corrected chi connectivity index (χ1v) is 5.10. The monoisotopic (exact) mass is 308 g/mol. The fourth-order valence-corrected chi connectivity index (χ4v) is 1.34. The Hall–Kier alpha value is -2.92. The molecule has 12 heteroatoms. The molecular formula is C9H7F3N4O5. The van der Waals surface area contributed by atoms with Crippen molar-refractivity contribution in [2.75, 3.05) is 5.43 Å². The van der Waals surface area contributed by atoms with Crippen LogP contribution in [0.25, 0.3) is 0 Å². The van der Waals surface area contributed by atoms with E-state index in [1.807, 2.05) is 10.9 Å². The molecule has 0 unspecified atom stereocenters. The summed E-state index contributed by atoms with van der Waals surface area (Å²) in [5.41, 5.74) is -1.08. The summed E-state index contributed by atoms with van der Waals surface area (Å²) in [6, 6.07) is 0.272. The summed E-state index contributed by atoms with van der Waals surface area (Å²) in [5, 5.41) is 21.6. The fraction of sp³-hybridized carbons (Fsp3) is 0.222. The third kappa shape index (κ3) is 3.77. The molecule has 0 fully saturated rings. The van der Waals surface area contributed by atoms with Crippen LogP contribution >= 0.6 is 0 Å². The molecule has 0 aliphatic heterocycles. The molecular weight excluding hydrogens is 301 g/mol. The molecule has 0 bridgehead atoms. The second-order valence-corrected chi connectivity index (χ2v) is 3.71. The zero-order valence-electron chi connectivity index (χ0n) is 10.2. The molecule has 0 saturated heterocycles. The number of nitro groups is 2. The highest BCUT2D eigenvalue weighted by Crippen LogP contribution is 2.40. The van der Waals surface area contributed by atoms with Crippen LogP contribution in [0.1, 0.15) is 12.5 Å². The number of nitrogens with zero attached hydrogens (tertiary/aromatic N) is 2. The topological polar surface area (TPSA) is 127 Å². The zero-order chi connectivity index (χ0) is 16.4. The lowest BCUT2D eigenvalue weighted by molar-refractivity contribution is -0.392. The van der Waals surface area contributed by atoms with Crippen molar-refractivity contribution in [2.24, 2.45) is 0 Å². The molecule has 1 amide bonds. The standard InChI is InChI=1S/C9H7F3N4O5/c1-4(17)13-14-8-6(15(18)19)2-5(9(10,11)12)3-7(8)16(20)21/h2-3,14H,1H3,(H,13,17). The number of carbonyl (C=O) groups excluding carboxylic acids is 1. The number of hydrogen-bond acceptors (Lipinski definition) is 6. The van der Waals surface area contributed by atoms with Crippen LogP contribution in [0.5, 0.6) is 0 Å². The molecule has 0 aromatic heterocycles. The second kappa shape index (κ2) is 5.60. The van der Waals surface area contributed by atoms with Gasteiger partial charge in [-0.1, -0.05) is 0 Å². The van der Waals surface area contributed by atoms with Crippen molar-refractivity contribution in [3.8, 4) is 0 Å². The maximum atomic E-state index is 12.6. The maximum Gasteiger partial charge on any atom is 0.416 e. The Morgan fingerprint density at radius 2 is 1.57 bits per heavy atom. The summed E-state index contributed by atoms with van der Waals surface area (Å²) in [7, 11) is 0. The van der Waals surface area contributed by atoms with E-state index in [-0.39, 0.29) is 12.1 Å². The van der Waals surface area contributed by atoms with Gasteiger partial charge >= 0.3 is 17.6 Å². The third-order valence-electron chi connectivity index (χ3n) is 2.18. The molecule has 114 valence electrons. The highest BCUT2D eigenvalue weighted by Gasteiger charge is 2.37. The van der Waals surface area contributed by atoms with Crippen LogP contribution < -0.4 is 10.9 Å². The predicted octanol–water partition coefficient (Wildman–Crippen LogP) is 1.98. The van der Waals surface area contributed by atoms with Gasteiger partial charge in [0, 0.05) is 19.1 Å². The largest absolute Gasteiger partial charge is 0.416 e. The van der Waals surface area contributed by atoms with E-state index in [0.717, 1.165) is 6.92 Å². The number of nitro benzene ring substituents is 2. The Morgan fingerprint density at radius 1 is 1.14 bits per heavy atom. The van der Waals surface area contributed by atoms with E-state index in [0.29, 0.717) is 0 Å². The van der Waals surface area contributed by atoms with E-state index in [1.54, 1.807) is 0 Å². The number of rotatable bonds is 4. The number of benzene rings is 1. The molecule has 0 radical (unpaired) electrons. The lowest BCUT2D eigenvalue weighted by Gasteiger charge is -2.11. The minimum absolute atomic E-state index is 0.136. The highest BCUT2D eigenvalue weighted by molar-refractivity contribution is 5.80. The summed E-state index contributed by atoms with van der Waals surface area (Å²) in [6.07, 6.45) is -5.00. The van der Waals surface area contributed by atoms with E-state index in [9.17, 15) is 38.2 Å². The van der Waals surface area contributed by atoms with Crippen LogP contribution in [-0.4, -0.2) is 15.8 Å². The molecule has 0 aliphatic carbocycles. The zero-order valence-corrected chi connectivity index (χ0v) is 10.2. The molecule has 9 nitrogen and oxygen atoms in total. The van der Waals surface area contributed by atoms with Gasteiger partial charge in [0.25, 0.3) is 0 Å². The Bertz CT molecular complexity index is 581. The first kappa shape index (κ1) is 16.1. The summed E-state index contributed by atoms with van der Waals surface area (Å²) in [6.45, 7) is 0.995. The van der Waals surface area contributed by atoms with Crippen LogP contribution in [-0.2, 0) is 11.0 Å². The van der Waals surface area contributed by atoms with Gasteiger partial charge in [-0.2, -0.15) is 13.2 Å². The van der Waals surface area contributed by atoms with Gasteiger partial charge in [0.05, 0.1) is 15.4 Å². The van der Waals surface area contributed by atoms with Gasteiger partial charge in [-0.25, -0.2) is 0 Å². The predicted molar refractivity (Wildman–Crippen MR) is 62.2 cm³/mol. The van der Waals surface area contributed by atoms with Crippen LogP contribution in [0.4, 0.5) is 30.2 Å². The van der Waals surface area contributed by atoms with E-state index in [4.69, 9.17) is 0 Å². The van der Waals surface area contributed by atoms with Gasteiger partial charge < -0.3 is 0 Å². The van der Waals surface area contributed by atoms with Crippen LogP contribution in [0.3, 0.4) is 0 Å². The fourth-order valence-electron chi connectivity index (χ4n) is 1.34. The molecule has 2 N–H and O–H groups in total. The van der Waals surface area contributed by atoms with Crippen molar-refractivity contribution in [1.29, 1.82) is 0 Å². The van der Waals surface area contributed by atoms with Crippen molar-refractivity contribution in [3.05, 3.63) is 37.9 Å². The van der Waals surface area contributed by atoms with Gasteiger partial charge in [0.15, 0.2) is 0 Å². The molecule has 1 aromatic rings. The van der Waals surface area contributed by atoms with Crippen molar-refractivity contribution >= 4 is 23.0 Å². The van der Waals surface area contributed by atoms with Crippen LogP contribution in [0.2, 0.25) is 0 Å². The number of halogens is 3. The Morgan fingerprint density at radius 3 is 1.86 bits per heavy atom. The minimum Gasteiger partial charge on any atom is -0.286 e. The van der Waals surface area contributed by atoms with Crippen molar-refractivity contribution in [3.63, 3.8) is 0 Å². The van der Waals surface area contributed by atoms with Crippen molar-refractivity contribution < 1.29 is 27.8 Å². The highest BCUT2D eigenvalue weighted by atomic mass is 19.4. The molecule has 0 atom stereocenters. The van der Waals surface area contributed by atoms with Crippen LogP contribution in [0, 0.1) is 20.2 Å². The molecule has 0 spiro atoms. The molecule has 1 aromatic carbocycles. The Labute approximate surface area is 114 Å². The first-order chi connectivity index (χ1) is 9.54. The number of hydrazine groups is 1. The lowest BCUT2D eigenvalue weighted by Crippen LogP contribution is -2.27. The average molecular weight is 308 g/mol. The third-order valence-corrected chi connectivity index (χ3v) is 2.18. The number of nitrogens with one attached hydrogen (secondary N) is 2. The number of hydrogen-bond donors (Lipinski definition) is 2. The van der Waals surface area contributed by atoms with Gasteiger partial charge in [0.2, 0.25) is 11.6 Å². The Balaban J connectivity index is 3.55. The molecule has 0 heterocycles. The lowest BCUT2D eigenvalue weighted by atomic mass is 10.1. The van der Waals surface area contributed by atoms with E-state index >= 15 is 0 Å². The van der Waals surface area contributed by atoms with Crippen molar-refractivity contribution in [1.82, 2.24) is 5.43 Å². The van der Waals surface area contributed by atoms with Crippen LogP contribution in [0.15, 0.2) is 12.1 Å². The molecule has 0 saturated carbocycles. The average Bonchev–Trinajstić information content (AvgIpc) is 2.33. The van der Waals surface area contributed by atoms with E-state index in [2.05, 4.69) is 0 Å². The van der Waals surface area contributed by atoms with E-state index in [1.165, 1.54) is 0 Å². The molecule has 0 aliphatic rings. The Kier molecular flexibility index (Phi) is 4.30. The van der Waals surface area contributed by atoms with Gasteiger partial charge in [-0.15, -0.1) is 0 Å². The quantitative estimate of drug-likeness (QED) is 0.646. The number of alkyl halides is 3.